The third-order valence-corrected chi connectivity index (χ3v) is 6.27. The van der Waals surface area contributed by atoms with Crippen LogP contribution in [0.1, 0.15) is 31.1 Å². The summed E-state index contributed by atoms with van der Waals surface area (Å²) in [5, 5.41) is 4.73. The van der Waals surface area contributed by atoms with Crippen LogP contribution in [0.5, 0.6) is 0 Å². The fourth-order valence-electron chi connectivity index (χ4n) is 4.38. The lowest BCUT2D eigenvalue weighted by Crippen LogP contribution is -2.31. The number of nitrogens with one attached hydrogen (secondary N) is 2. The zero-order valence-electron chi connectivity index (χ0n) is 19.6. The molecule has 0 radical (unpaired) electrons. The van der Waals surface area contributed by atoms with Crippen LogP contribution < -0.4 is 15.7 Å². The summed E-state index contributed by atoms with van der Waals surface area (Å²) in [6, 6.07) is 12.7. The molecule has 3 heterocycles. The van der Waals surface area contributed by atoms with Gasteiger partial charge in [0.2, 0.25) is 5.95 Å². The average Bonchev–Trinajstić information content (AvgIpc) is 3.27. The Balaban J connectivity index is 1.10. The zero-order valence-corrected chi connectivity index (χ0v) is 19.6. The number of pyridine rings is 1. The number of benzene rings is 1. The summed E-state index contributed by atoms with van der Waals surface area (Å²) in [4.78, 5) is 33.2. The number of rotatable bonds is 9. The van der Waals surface area contributed by atoms with Crippen molar-refractivity contribution in [1.29, 1.82) is 0 Å². The Morgan fingerprint density at radius 1 is 1.09 bits per heavy atom. The number of para-hydroxylation sites is 1. The Morgan fingerprint density at radius 3 is 2.56 bits per heavy atom. The lowest BCUT2D eigenvalue weighted by molar-refractivity contribution is -0.163. The largest absolute Gasteiger partial charge is 0.367 e. The molecule has 9 heteroatoms. The molecular weight excluding hydrogens is 432 g/mol. The lowest BCUT2D eigenvalue weighted by Gasteiger charge is -2.20. The quantitative estimate of drug-likeness (QED) is 0.369. The third-order valence-electron chi connectivity index (χ3n) is 6.27. The molecule has 9 nitrogen and oxygen atoms in total. The van der Waals surface area contributed by atoms with E-state index in [1.54, 1.807) is 6.92 Å². The highest BCUT2D eigenvalue weighted by Crippen LogP contribution is 2.47. The van der Waals surface area contributed by atoms with Gasteiger partial charge in [-0.25, -0.2) is 25.3 Å². The topological polar surface area (TPSA) is 102 Å². The standard InChI is InChI=1S/C25H30N6O3/c1-15(2)14-33-16(3)34-30-24(32)18-10-26-25(27-11-18)31-12-19-20(13-31)23(19)29-22-9-8-17-6-4-5-7-21(17)28-22/h4-11,15-16,19-20,23H,12-14H2,1-3H3,(H,28,29)(H,30,32). The minimum absolute atomic E-state index is 0.339. The first-order chi connectivity index (χ1) is 16.5. The molecule has 1 aliphatic carbocycles. The second-order valence-electron chi connectivity index (χ2n) is 9.41. The van der Waals surface area contributed by atoms with E-state index >= 15 is 0 Å². The molecule has 34 heavy (non-hydrogen) atoms. The van der Waals surface area contributed by atoms with Gasteiger partial charge in [0, 0.05) is 48.7 Å². The molecule has 5 rings (SSSR count). The van der Waals surface area contributed by atoms with E-state index < -0.39 is 12.2 Å². The number of piperidine rings is 1. The molecule has 3 atom stereocenters. The van der Waals surface area contributed by atoms with Gasteiger partial charge in [-0.15, -0.1) is 0 Å². The first-order valence-electron chi connectivity index (χ1n) is 11.7. The van der Waals surface area contributed by atoms with E-state index in [0.29, 0.717) is 41.9 Å². The fraction of sp³-hybridized carbons (Fsp3) is 0.440. The molecule has 178 valence electrons. The van der Waals surface area contributed by atoms with Crippen LogP contribution in [0.2, 0.25) is 0 Å². The zero-order chi connectivity index (χ0) is 23.7. The molecule has 2 N–H and O–H groups in total. The van der Waals surface area contributed by atoms with Crippen molar-refractivity contribution in [3.8, 4) is 0 Å². The van der Waals surface area contributed by atoms with Crippen LogP contribution in [-0.2, 0) is 9.57 Å². The molecule has 1 amide bonds. The molecule has 3 unspecified atom stereocenters. The van der Waals surface area contributed by atoms with E-state index in [-0.39, 0.29) is 0 Å². The normalized spacial score (nSPS) is 22.0. The number of hydrogen-bond acceptors (Lipinski definition) is 8. The van der Waals surface area contributed by atoms with Crippen LogP contribution in [0.3, 0.4) is 0 Å². The summed E-state index contributed by atoms with van der Waals surface area (Å²) in [7, 11) is 0. The lowest BCUT2D eigenvalue weighted by atomic mass is 10.2. The van der Waals surface area contributed by atoms with E-state index in [9.17, 15) is 4.79 Å². The SMILES string of the molecule is CC(C)COC(C)ONC(=O)c1cnc(N2CC3C(C2)C3Nc2ccc3ccccc3n2)nc1. The van der Waals surface area contributed by atoms with Crippen molar-refractivity contribution in [2.75, 3.05) is 29.9 Å². The van der Waals surface area contributed by atoms with Crippen LogP contribution in [0.25, 0.3) is 10.9 Å². The van der Waals surface area contributed by atoms with Crippen LogP contribution >= 0.6 is 0 Å². The summed E-state index contributed by atoms with van der Waals surface area (Å²) in [5.74, 6) is 2.63. The summed E-state index contributed by atoms with van der Waals surface area (Å²) in [5.41, 5.74) is 3.73. The van der Waals surface area contributed by atoms with E-state index in [1.807, 2.05) is 38.1 Å². The van der Waals surface area contributed by atoms with E-state index in [0.717, 1.165) is 29.8 Å². The number of carbonyl (C=O) groups is 1. The molecule has 1 saturated heterocycles. The molecule has 2 aromatic heterocycles. The maximum absolute atomic E-state index is 12.3. The Kier molecular flexibility index (Phi) is 6.30. The van der Waals surface area contributed by atoms with Crippen molar-refractivity contribution in [3.63, 3.8) is 0 Å². The number of carbonyl (C=O) groups excluding carboxylic acids is 1. The molecule has 0 spiro atoms. The Morgan fingerprint density at radius 2 is 1.82 bits per heavy atom. The molecule has 2 fully saturated rings. The molecule has 1 aromatic carbocycles. The molecule has 1 saturated carbocycles. The maximum Gasteiger partial charge on any atom is 0.278 e. The van der Waals surface area contributed by atoms with Crippen molar-refractivity contribution in [2.45, 2.75) is 33.1 Å². The second kappa shape index (κ2) is 9.52. The number of nitrogens with zero attached hydrogens (tertiary/aromatic N) is 4. The molecule has 0 bridgehead atoms. The summed E-state index contributed by atoms with van der Waals surface area (Å²) in [6.07, 6.45) is 2.52. The Hall–Kier alpha value is -3.30. The van der Waals surface area contributed by atoms with Crippen LogP contribution in [0.4, 0.5) is 11.8 Å². The van der Waals surface area contributed by atoms with Crippen LogP contribution in [0.15, 0.2) is 48.8 Å². The molecule has 1 aliphatic heterocycles. The van der Waals surface area contributed by atoms with Crippen molar-refractivity contribution in [3.05, 3.63) is 54.4 Å². The molecular formula is C25H30N6O3. The summed E-state index contributed by atoms with van der Waals surface area (Å²) in [6.45, 7) is 8.16. The second-order valence-corrected chi connectivity index (χ2v) is 9.41. The predicted molar refractivity (Wildman–Crippen MR) is 129 cm³/mol. The number of hydroxylamine groups is 1. The number of aromatic nitrogens is 3. The summed E-state index contributed by atoms with van der Waals surface area (Å²) >= 11 is 0. The van der Waals surface area contributed by atoms with E-state index in [4.69, 9.17) is 14.6 Å². The summed E-state index contributed by atoms with van der Waals surface area (Å²) < 4.78 is 5.47. The molecule has 3 aromatic rings. The van der Waals surface area contributed by atoms with E-state index in [2.05, 4.69) is 37.8 Å². The van der Waals surface area contributed by atoms with Gasteiger partial charge >= 0.3 is 0 Å². The predicted octanol–water partition coefficient (Wildman–Crippen LogP) is 3.25. The van der Waals surface area contributed by atoms with Gasteiger partial charge in [0.1, 0.15) is 5.82 Å². The monoisotopic (exact) mass is 462 g/mol. The van der Waals surface area contributed by atoms with Crippen LogP contribution in [0, 0.1) is 17.8 Å². The number of amides is 1. The average molecular weight is 463 g/mol. The van der Waals surface area contributed by atoms with Gasteiger partial charge in [-0.3, -0.25) is 4.79 Å². The highest BCUT2D eigenvalue weighted by atomic mass is 16.8. The van der Waals surface area contributed by atoms with Gasteiger partial charge in [-0.1, -0.05) is 32.0 Å². The first-order valence-corrected chi connectivity index (χ1v) is 11.7. The van der Waals surface area contributed by atoms with Gasteiger partial charge in [0.15, 0.2) is 6.29 Å². The van der Waals surface area contributed by atoms with Crippen molar-refractivity contribution in [1.82, 2.24) is 20.4 Å². The maximum atomic E-state index is 12.3. The van der Waals surface area contributed by atoms with Crippen molar-refractivity contribution >= 4 is 28.6 Å². The minimum Gasteiger partial charge on any atom is -0.367 e. The minimum atomic E-state index is -0.533. The van der Waals surface area contributed by atoms with Gasteiger partial charge < -0.3 is 15.0 Å². The highest BCUT2D eigenvalue weighted by Gasteiger charge is 2.56. The Bertz CT molecular complexity index is 1140. The van der Waals surface area contributed by atoms with Crippen LogP contribution in [-0.4, -0.2) is 52.9 Å². The van der Waals surface area contributed by atoms with Gasteiger partial charge in [0.25, 0.3) is 5.91 Å². The van der Waals surface area contributed by atoms with Crippen molar-refractivity contribution < 1.29 is 14.4 Å². The first kappa shape index (κ1) is 22.5. The van der Waals surface area contributed by atoms with Gasteiger partial charge in [0.05, 0.1) is 17.7 Å². The number of fused-ring (bicyclic) bond motifs is 2. The highest BCUT2D eigenvalue weighted by molar-refractivity contribution is 5.92. The van der Waals surface area contributed by atoms with Gasteiger partial charge in [-0.2, -0.15) is 0 Å². The smallest absolute Gasteiger partial charge is 0.278 e. The van der Waals surface area contributed by atoms with E-state index in [1.165, 1.54) is 12.4 Å². The number of hydrogen-bond donors (Lipinski definition) is 2. The fourth-order valence-corrected chi connectivity index (χ4v) is 4.38. The number of anilines is 2. The number of ether oxygens (including phenoxy) is 1. The van der Waals surface area contributed by atoms with Gasteiger partial charge in [-0.05, 0) is 31.0 Å². The third kappa shape index (κ3) is 4.95. The molecule has 2 aliphatic rings. The van der Waals surface area contributed by atoms with Crippen molar-refractivity contribution in [2.24, 2.45) is 17.8 Å². The Labute approximate surface area is 198 Å².